The van der Waals surface area contributed by atoms with Crippen LogP contribution in [0.4, 0.5) is 0 Å². The molecule has 6 heteroatoms. The van der Waals surface area contributed by atoms with Crippen LogP contribution < -0.4 is 11.1 Å². The smallest absolute Gasteiger partial charge is 0.419 e. The number of nitrogens with one attached hydrogen (secondary N) is 1. The van der Waals surface area contributed by atoms with Crippen LogP contribution in [0.15, 0.2) is 44.0 Å². The number of oxazole rings is 1. The van der Waals surface area contributed by atoms with Crippen molar-refractivity contribution >= 4 is 17.0 Å². The number of hydrogen-bond acceptors (Lipinski definition) is 4. The standard InChI is InChI=1S/C18H20N2O4/c1-11-10-14(13(3)23-11)12(2)19-17(21)8-9-20-15-6-4-5-7-16(15)24-18(20)22/h4-7,10,12H,8-9H2,1-3H3,(H,19,21)/t12-/m0/s1. The Balaban J connectivity index is 1.66. The molecule has 1 N–H and O–H groups in total. The third-order valence-corrected chi connectivity index (χ3v) is 4.06. The number of para-hydroxylation sites is 2. The largest absolute Gasteiger partial charge is 0.466 e. The number of hydrogen-bond donors (Lipinski definition) is 1. The predicted molar refractivity (Wildman–Crippen MR) is 89.8 cm³/mol. The molecule has 2 heterocycles. The first-order valence-corrected chi connectivity index (χ1v) is 7.90. The monoisotopic (exact) mass is 328 g/mol. The van der Waals surface area contributed by atoms with E-state index in [0.717, 1.165) is 17.1 Å². The van der Waals surface area contributed by atoms with E-state index in [4.69, 9.17) is 8.83 Å². The summed E-state index contributed by atoms with van der Waals surface area (Å²) >= 11 is 0. The molecular formula is C18H20N2O4. The maximum absolute atomic E-state index is 12.2. The molecule has 0 saturated carbocycles. The molecule has 0 fully saturated rings. The molecule has 0 radical (unpaired) electrons. The number of aromatic nitrogens is 1. The summed E-state index contributed by atoms with van der Waals surface area (Å²) in [6.07, 6.45) is 0.198. The second-order valence-electron chi connectivity index (χ2n) is 5.90. The first-order chi connectivity index (χ1) is 11.5. The Hall–Kier alpha value is -2.76. The average Bonchev–Trinajstić information content (AvgIpc) is 3.03. The molecule has 0 aliphatic carbocycles. The summed E-state index contributed by atoms with van der Waals surface area (Å²) in [6, 6.07) is 8.96. The molecule has 2 aromatic heterocycles. The van der Waals surface area contributed by atoms with Crippen molar-refractivity contribution in [1.29, 1.82) is 0 Å². The molecule has 0 bridgehead atoms. The minimum absolute atomic E-state index is 0.127. The molecular weight excluding hydrogens is 308 g/mol. The van der Waals surface area contributed by atoms with Crippen molar-refractivity contribution in [2.75, 3.05) is 0 Å². The van der Waals surface area contributed by atoms with Crippen LogP contribution in [0.25, 0.3) is 11.1 Å². The first-order valence-electron chi connectivity index (χ1n) is 7.90. The number of carbonyl (C=O) groups excluding carboxylic acids is 1. The minimum atomic E-state index is -0.446. The lowest BCUT2D eigenvalue weighted by Crippen LogP contribution is -2.28. The van der Waals surface area contributed by atoms with Crippen molar-refractivity contribution in [3.8, 4) is 0 Å². The van der Waals surface area contributed by atoms with Gasteiger partial charge in [-0.25, -0.2) is 4.79 Å². The van der Waals surface area contributed by atoms with Gasteiger partial charge >= 0.3 is 5.76 Å². The molecule has 1 amide bonds. The van der Waals surface area contributed by atoms with Gasteiger partial charge in [0.05, 0.1) is 11.6 Å². The Labute approximate surface area is 139 Å². The Kier molecular flexibility index (Phi) is 4.29. The van der Waals surface area contributed by atoms with Crippen molar-refractivity contribution < 1.29 is 13.6 Å². The van der Waals surface area contributed by atoms with Gasteiger partial charge in [0, 0.05) is 18.5 Å². The van der Waals surface area contributed by atoms with Gasteiger partial charge in [-0.1, -0.05) is 12.1 Å². The van der Waals surface area contributed by atoms with E-state index in [1.807, 2.05) is 32.9 Å². The lowest BCUT2D eigenvalue weighted by molar-refractivity contribution is -0.121. The van der Waals surface area contributed by atoms with Crippen LogP contribution in [0.2, 0.25) is 0 Å². The van der Waals surface area contributed by atoms with Crippen LogP contribution >= 0.6 is 0 Å². The number of furan rings is 1. The van der Waals surface area contributed by atoms with E-state index in [1.165, 1.54) is 4.57 Å². The summed E-state index contributed by atoms with van der Waals surface area (Å²) in [5, 5.41) is 2.94. The zero-order valence-electron chi connectivity index (χ0n) is 14.0. The first kappa shape index (κ1) is 16.1. The summed E-state index contributed by atoms with van der Waals surface area (Å²) in [5.74, 6) is 1.05. The van der Waals surface area contributed by atoms with Crippen molar-refractivity contribution in [2.24, 2.45) is 0 Å². The maximum Gasteiger partial charge on any atom is 0.419 e. The number of fused-ring (bicyclic) bond motifs is 1. The lowest BCUT2D eigenvalue weighted by Gasteiger charge is -2.13. The number of rotatable bonds is 5. The van der Waals surface area contributed by atoms with Crippen LogP contribution in [0.5, 0.6) is 0 Å². The molecule has 0 unspecified atom stereocenters. The van der Waals surface area contributed by atoms with Crippen LogP contribution in [0.3, 0.4) is 0 Å². The topological polar surface area (TPSA) is 77.4 Å². The average molecular weight is 328 g/mol. The number of benzene rings is 1. The van der Waals surface area contributed by atoms with Gasteiger partial charge in [-0.2, -0.15) is 0 Å². The van der Waals surface area contributed by atoms with Gasteiger partial charge in [-0.05, 0) is 39.0 Å². The summed E-state index contributed by atoms with van der Waals surface area (Å²) in [4.78, 5) is 24.1. The fourth-order valence-electron chi connectivity index (χ4n) is 2.91. The molecule has 0 saturated heterocycles. The van der Waals surface area contributed by atoms with E-state index in [-0.39, 0.29) is 24.9 Å². The molecule has 24 heavy (non-hydrogen) atoms. The maximum atomic E-state index is 12.2. The quantitative estimate of drug-likeness (QED) is 0.781. The van der Waals surface area contributed by atoms with Crippen molar-refractivity contribution in [2.45, 2.75) is 39.8 Å². The molecule has 3 aromatic rings. The molecule has 0 spiro atoms. The Morgan fingerprint density at radius 2 is 2.00 bits per heavy atom. The van der Waals surface area contributed by atoms with E-state index in [1.54, 1.807) is 18.2 Å². The summed E-state index contributed by atoms with van der Waals surface area (Å²) < 4.78 is 12.1. The van der Waals surface area contributed by atoms with Gasteiger partial charge in [0.2, 0.25) is 5.91 Å². The van der Waals surface area contributed by atoms with E-state index >= 15 is 0 Å². The van der Waals surface area contributed by atoms with Gasteiger partial charge in [0.1, 0.15) is 11.5 Å². The zero-order chi connectivity index (χ0) is 17.3. The third-order valence-electron chi connectivity index (χ3n) is 4.06. The van der Waals surface area contributed by atoms with Crippen molar-refractivity contribution in [3.05, 3.63) is 58.0 Å². The summed E-state index contributed by atoms with van der Waals surface area (Å²) in [5.41, 5.74) is 2.19. The highest BCUT2D eigenvalue weighted by Crippen LogP contribution is 2.21. The van der Waals surface area contributed by atoms with E-state index in [2.05, 4.69) is 5.32 Å². The second kappa shape index (κ2) is 6.39. The van der Waals surface area contributed by atoms with E-state index in [9.17, 15) is 9.59 Å². The summed E-state index contributed by atoms with van der Waals surface area (Å²) in [7, 11) is 0. The van der Waals surface area contributed by atoms with Gasteiger partial charge in [0.25, 0.3) is 0 Å². The fourth-order valence-corrected chi connectivity index (χ4v) is 2.91. The molecule has 126 valence electrons. The van der Waals surface area contributed by atoms with Crippen LogP contribution in [-0.4, -0.2) is 10.5 Å². The molecule has 6 nitrogen and oxygen atoms in total. The van der Waals surface area contributed by atoms with E-state index in [0.29, 0.717) is 11.1 Å². The SMILES string of the molecule is Cc1cc([C@H](C)NC(=O)CCn2c(=O)oc3ccccc32)c(C)o1. The zero-order valence-corrected chi connectivity index (χ0v) is 14.0. The van der Waals surface area contributed by atoms with Gasteiger partial charge in [0.15, 0.2) is 5.58 Å². The highest BCUT2D eigenvalue weighted by atomic mass is 16.4. The minimum Gasteiger partial charge on any atom is -0.466 e. The highest BCUT2D eigenvalue weighted by Gasteiger charge is 2.16. The van der Waals surface area contributed by atoms with Crippen molar-refractivity contribution in [1.82, 2.24) is 9.88 Å². The second-order valence-corrected chi connectivity index (χ2v) is 5.90. The Morgan fingerprint density at radius 3 is 2.71 bits per heavy atom. The normalized spacial score (nSPS) is 12.5. The van der Waals surface area contributed by atoms with Crippen LogP contribution in [0.1, 0.15) is 36.5 Å². The van der Waals surface area contributed by atoms with Crippen molar-refractivity contribution in [3.63, 3.8) is 0 Å². The Morgan fingerprint density at radius 1 is 1.25 bits per heavy atom. The number of aryl methyl sites for hydroxylation is 3. The highest BCUT2D eigenvalue weighted by molar-refractivity contribution is 5.77. The van der Waals surface area contributed by atoms with Gasteiger partial charge < -0.3 is 14.2 Å². The van der Waals surface area contributed by atoms with E-state index < -0.39 is 5.76 Å². The molecule has 1 aromatic carbocycles. The Bertz CT molecular complexity index is 932. The third kappa shape index (κ3) is 3.13. The number of nitrogens with zero attached hydrogens (tertiary/aromatic N) is 1. The fraction of sp³-hybridized carbons (Fsp3) is 0.333. The summed E-state index contributed by atoms with van der Waals surface area (Å²) in [6.45, 7) is 5.94. The van der Waals surface area contributed by atoms with Crippen LogP contribution in [-0.2, 0) is 11.3 Å². The van der Waals surface area contributed by atoms with Gasteiger partial charge in [-0.3, -0.25) is 9.36 Å². The molecule has 3 rings (SSSR count). The number of carbonyl (C=O) groups is 1. The molecule has 0 aliphatic rings. The molecule has 1 atom stereocenters. The molecule has 0 aliphatic heterocycles. The predicted octanol–water partition coefficient (Wildman–Crippen LogP) is 3.07. The number of amides is 1. The van der Waals surface area contributed by atoms with Crippen LogP contribution in [0, 0.1) is 13.8 Å². The lowest BCUT2D eigenvalue weighted by atomic mass is 10.1. The van der Waals surface area contributed by atoms with Gasteiger partial charge in [-0.15, -0.1) is 0 Å².